The maximum Gasteiger partial charge on any atom is 0.261 e. The van der Waals surface area contributed by atoms with Crippen LogP contribution in [0.5, 0.6) is 0 Å². The van der Waals surface area contributed by atoms with Gasteiger partial charge in [0.2, 0.25) is 11.8 Å². The molecule has 4 aromatic carbocycles. The van der Waals surface area contributed by atoms with E-state index in [-0.39, 0.29) is 50.7 Å². The average Bonchev–Trinajstić information content (AvgIpc) is 2.90. The molecule has 13 heteroatoms. The molecule has 0 heterocycles. The Kier molecular flexibility index (Phi) is 8.64. The topological polar surface area (TPSA) is 168 Å². The number of sulfonamides is 2. The quantitative estimate of drug-likeness (QED) is 0.206. The molecule has 0 unspecified atom stereocenters. The van der Waals surface area contributed by atoms with Crippen LogP contribution in [0.2, 0.25) is 0 Å². The summed E-state index contributed by atoms with van der Waals surface area (Å²) in [4.78, 5) is 34.7. The van der Waals surface area contributed by atoms with Gasteiger partial charge in [-0.25, -0.2) is 16.8 Å². The number of hydrogen-bond acceptors (Lipinski definition) is 7. The predicted octanol–water partition coefficient (Wildman–Crippen LogP) is 4.49. The molecule has 0 aliphatic rings. The van der Waals surface area contributed by atoms with Crippen LogP contribution >= 0.6 is 0 Å². The molecule has 0 saturated carbocycles. The molecule has 0 atom stereocenters. The summed E-state index contributed by atoms with van der Waals surface area (Å²) in [7, 11) is -8.27. The van der Waals surface area contributed by atoms with Crippen LogP contribution in [-0.2, 0) is 40.9 Å². The first-order valence-corrected chi connectivity index (χ1v) is 15.6. The van der Waals surface area contributed by atoms with Gasteiger partial charge in [0.25, 0.3) is 20.0 Å². The van der Waals surface area contributed by atoms with Crippen molar-refractivity contribution in [2.24, 2.45) is 0 Å². The van der Waals surface area contributed by atoms with Gasteiger partial charge in [-0.05, 0) is 67.1 Å². The SMILES string of the molecule is CC(=O)Cc1cc(NS(=O)(=O)c2ccc(NC(C)=O)cc2)c2ccccc2c1NS(=O)(=O)c1ccc(NC(C)=O)cc1. The van der Waals surface area contributed by atoms with Crippen LogP contribution in [0.3, 0.4) is 0 Å². The number of carbonyl (C=O) groups excluding carboxylic acids is 3. The number of ketones is 1. The largest absolute Gasteiger partial charge is 0.326 e. The van der Waals surface area contributed by atoms with Gasteiger partial charge in [0.1, 0.15) is 5.78 Å². The van der Waals surface area contributed by atoms with Gasteiger partial charge in [0.05, 0.1) is 21.2 Å². The van der Waals surface area contributed by atoms with Gasteiger partial charge >= 0.3 is 0 Å². The molecule has 2 amide bonds. The van der Waals surface area contributed by atoms with Gasteiger partial charge in [-0.15, -0.1) is 0 Å². The molecular formula is C29H28N4O7S2. The van der Waals surface area contributed by atoms with E-state index in [4.69, 9.17) is 0 Å². The molecule has 0 aliphatic heterocycles. The summed E-state index contributed by atoms with van der Waals surface area (Å²) in [5.74, 6) is -0.875. The van der Waals surface area contributed by atoms with Crippen molar-refractivity contribution in [1.82, 2.24) is 0 Å². The first-order chi connectivity index (χ1) is 19.7. The Morgan fingerprint density at radius 2 is 1.07 bits per heavy atom. The van der Waals surface area contributed by atoms with Gasteiger partial charge in [-0.1, -0.05) is 24.3 Å². The predicted molar refractivity (Wildman–Crippen MR) is 161 cm³/mol. The molecule has 0 radical (unpaired) electrons. The van der Waals surface area contributed by atoms with E-state index in [9.17, 15) is 31.2 Å². The molecule has 0 bridgehead atoms. The van der Waals surface area contributed by atoms with Crippen LogP contribution in [0.1, 0.15) is 26.3 Å². The maximum absolute atomic E-state index is 13.4. The monoisotopic (exact) mass is 608 g/mol. The number of fused-ring (bicyclic) bond motifs is 1. The highest BCUT2D eigenvalue weighted by atomic mass is 32.2. The van der Waals surface area contributed by atoms with E-state index in [2.05, 4.69) is 20.1 Å². The lowest BCUT2D eigenvalue weighted by Crippen LogP contribution is -2.17. The van der Waals surface area contributed by atoms with E-state index in [0.717, 1.165) is 0 Å². The van der Waals surface area contributed by atoms with Crippen molar-refractivity contribution in [1.29, 1.82) is 0 Å². The molecule has 0 saturated heterocycles. The average molecular weight is 609 g/mol. The zero-order valence-electron chi connectivity index (χ0n) is 22.9. The van der Waals surface area contributed by atoms with Crippen LogP contribution in [0, 0.1) is 0 Å². The number of anilines is 4. The fourth-order valence-corrected chi connectivity index (χ4v) is 6.48. The van der Waals surface area contributed by atoms with Crippen molar-refractivity contribution in [2.75, 3.05) is 20.1 Å². The van der Waals surface area contributed by atoms with Gasteiger partial charge < -0.3 is 10.6 Å². The van der Waals surface area contributed by atoms with Crippen molar-refractivity contribution in [3.8, 4) is 0 Å². The van der Waals surface area contributed by atoms with Crippen LogP contribution < -0.4 is 20.1 Å². The molecule has 0 spiro atoms. The molecule has 4 N–H and O–H groups in total. The maximum atomic E-state index is 13.4. The van der Waals surface area contributed by atoms with E-state index >= 15 is 0 Å². The first kappa shape index (κ1) is 30.2. The molecule has 4 aromatic rings. The number of rotatable bonds is 10. The van der Waals surface area contributed by atoms with Crippen molar-refractivity contribution < 1.29 is 31.2 Å². The number of amides is 2. The Morgan fingerprint density at radius 3 is 1.52 bits per heavy atom. The Labute approximate surface area is 243 Å². The zero-order chi connectivity index (χ0) is 30.7. The third-order valence-corrected chi connectivity index (χ3v) is 8.76. The number of hydrogen-bond donors (Lipinski definition) is 4. The van der Waals surface area contributed by atoms with E-state index in [0.29, 0.717) is 22.1 Å². The molecule has 218 valence electrons. The van der Waals surface area contributed by atoms with E-state index < -0.39 is 20.0 Å². The first-order valence-electron chi connectivity index (χ1n) is 12.6. The standard InChI is InChI=1S/C29H28N4O7S2/c1-18(34)16-21-17-28(32-41(37,38)24-12-8-22(9-13-24)30-19(2)35)26-6-4-5-7-27(26)29(21)33-42(39,40)25-14-10-23(11-15-25)31-20(3)36/h4-15,17,32-33H,16H2,1-3H3,(H,30,35)(H,31,36). The Bertz CT molecular complexity index is 1900. The lowest BCUT2D eigenvalue weighted by Gasteiger charge is -2.19. The fourth-order valence-electron chi connectivity index (χ4n) is 4.28. The van der Waals surface area contributed by atoms with E-state index in [1.807, 2.05) is 0 Å². The van der Waals surface area contributed by atoms with Crippen LogP contribution in [-0.4, -0.2) is 34.4 Å². The Balaban J connectivity index is 1.76. The number of nitrogens with one attached hydrogen (secondary N) is 4. The smallest absolute Gasteiger partial charge is 0.261 e. The van der Waals surface area contributed by atoms with Crippen molar-refractivity contribution >= 4 is 71.2 Å². The highest BCUT2D eigenvalue weighted by Gasteiger charge is 2.23. The van der Waals surface area contributed by atoms with Crippen LogP contribution in [0.4, 0.5) is 22.7 Å². The summed E-state index contributed by atoms with van der Waals surface area (Å²) in [6.45, 7) is 4.01. The molecule has 4 rings (SSSR count). The highest BCUT2D eigenvalue weighted by Crippen LogP contribution is 2.37. The second-order valence-corrected chi connectivity index (χ2v) is 12.9. The summed E-state index contributed by atoms with van der Waals surface area (Å²) in [5.41, 5.74) is 1.39. The van der Waals surface area contributed by atoms with Crippen LogP contribution in [0.25, 0.3) is 10.8 Å². The number of carbonyl (C=O) groups is 3. The summed E-state index contributed by atoms with van der Waals surface area (Å²) < 4.78 is 58.5. The fraction of sp³-hybridized carbons (Fsp3) is 0.138. The summed E-state index contributed by atoms with van der Waals surface area (Å²) in [6.07, 6.45) is -0.176. The zero-order valence-corrected chi connectivity index (χ0v) is 24.5. The molecule has 42 heavy (non-hydrogen) atoms. The lowest BCUT2D eigenvalue weighted by molar-refractivity contribution is -0.116. The van der Waals surface area contributed by atoms with Gasteiger partial charge in [0, 0.05) is 42.4 Å². The van der Waals surface area contributed by atoms with Gasteiger partial charge in [-0.2, -0.15) is 0 Å². The van der Waals surface area contributed by atoms with Gasteiger partial charge in [0.15, 0.2) is 0 Å². The third kappa shape index (κ3) is 7.11. The lowest BCUT2D eigenvalue weighted by atomic mass is 9.99. The third-order valence-electron chi connectivity index (χ3n) is 6.02. The minimum atomic E-state index is -4.15. The van der Waals surface area contributed by atoms with E-state index in [1.165, 1.54) is 75.4 Å². The van der Waals surface area contributed by atoms with E-state index in [1.54, 1.807) is 24.3 Å². The normalized spacial score (nSPS) is 11.5. The van der Waals surface area contributed by atoms with Crippen molar-refractivity contribution in [3.63, 3.8) is 0 Å². The number of benzene rings is 4. The molecule has 11 nitrogen and oxygen atoms in total. The molecule has 0 aliphatic carbocycles. The highest BCUT2D eigenvalue weighted by molar-refractivity contribution is 7.93. The number of Topliss-reactive ketones (excluding diaryl/α,β-unsaturated/α-hetero) is 1. The summed E-state index contributed by atoms with van der Waals surface area (Å²) >= 11 is 0. The summed E-state index contributed by atoms with van der Waals surface area (Å²) in [6, 6.07) is 19.2. The second kappa shape index (κ2) is 12.0. The second-order valence-electron chi connectivity index (χ2n) is 9.50. The molecule has 0 aromatic heterocycles. The minimum absolute atomic E-state index is 0.0682. The van der Waals surface area contributed by atoms with Crippen LogP contribution in [0.15, 0.2) is 88.7 Å². The van der Waals surface area contributed by atoms with Crippen molar-refractivity contribution in [3.05, 3.63) is 84.4 Å². The van der Waals surface area contributed by atoms with Crippen molar-refractivity contribution in [2.45, 2.75) is 37.0 Å². The molecule has 0 fully saturated rings. The minimum Gasteiger partial charge on any atom is -0.326 e. The Morgan fingerprint density at radius 1 is 0.619 bits per heavy atom. The Hall–Kier alpha value is -4.75. The van der Waals surface area contributed by atoms with Gasteiger partial charge in [-0.3, -0.25) is 23.8 Å². The summed E-state index contributed by atoms with van der Waals surface area (Å²) in [5, 5.41) is 5.90. The molecular weight excluding hydrogens is 580 g/mol.